The Labute approximate surface area is 121 Å². The molecule has 0 radical (unpaired) electrons. The summed E-state index contributed by atoms with van der Waals surface area (Å²) < 4.78 is 5.88. The zero-order valence-electron chi connectivity index (χ0n) is 10.6. The van der Waals surface area contributed by atoms with Crippen LogP contribution in [0.4, 0.5) is 0 Å². The van der Waals surface area contributed by atoms with Crippen molar-refractivity contribution in [2.75, 3.05) is 0 Å². The number of para-hydroxylation sites is 1. The fourth-order valence-corrected chi connectivity index (χ4v) is 2.24. The van der Waals surface area contributed by atoms with Crippen molar-refractivity contribution in [2.45, 2.75) is 6.54 Å². The summed E-state index contributed by atoms with van der Waals surface area (Å²) in [5.74, 6) is 1.11. The van der Waals surface area contributed by atoms with E-state index in [0.29, 0.717) is 23.2 Å². The zero-order valence-corrected chi connectivity index (χ0v) is 11.3. The van der Waals surface area contributed by atoms with Crippen molar-refractivity contribution in [3.63, 3.8) is 0 Å². The summed E-state index contributed by atoms with van der Waals surface area (Å²) in [6.07, 6.45) is 1.48. The topological polar surface area (TPSA) is 61.0 Å². The highest BCUT2D eigenvalue weighted by molar-refractivity contribution is 6.31. The van der Waals surface area contributed by atoms with Gasteiger partial charge in [0.05, 0.1) is 10.9 Å². The van der Waals surface area contributed by atoms with E-state index in [0.717, 1.165) is 16.5 Å². The number of nitrogens with two attached hydrogens (primary N) is 1. The van der Waals surface area contributed by atoms with Gasteiger partial charge in [0.25, 0.3) is 0 Å². The lowest BCUT2D eigenvalue weighted by Crippen LogP contribution is -2.01. The molecule has 0 aliphatic rings. The van der Waals surface area contributed by atoms with Crippen LogP contribution in [0.25, 0.3) is 10.9 Å². The van der Waals surface area contributed by atoms with E-state index in [-0.39, 0.29) is 0 Å². The number of hydrogen-bond donors (Lipinski definition) is 1. The van der Waals surface area contributed by atoms with Gasteiger partial charge in [-0.1, -0.05) is 29.8 Å². The van der Waals surface area contributed by atoms with E-state index in [1.807, 2.05) is 36.4 Å². The van der Waals surface area contributed by atoms with E-state index in [2.05, 4.69) is 9.97 Å². The Balaban J connectivity index is 2.08. The first-order valence-corrected chi connectivity index (χ1v) is 6.52. The standard InChI is InChI=1S/C15H12ClN3O/c16-12-5-3-7-14(11(12)8-17)20-15-10-4-1-2-6-13(10)18-9-19-15/h1-7,9H,8,17H2. The van der Waals surface area contributed by atoms with Gasteiger partial charge in [-0.2, -0.15) is 0 Å². The van der Waals surface area contributed by atoms with Crippen LogP contribution in [0.2, 0.25) is 5.02 Å². The second-order valence-corrected chi connectivity index (χ2v) is 4.63. The Kier molecular flexibility index (Phi) is 3.50. The molecule has 0 atom stereocenters. The predicted octanol–water partition coefficient (Wildman–Crippen LogP) is 3.53. The molecule has 0 fully saturated rings. The molecule has 0 unspecified atom stereocenters. The third kappa shape index (κ3) is 2.31. The van der Waals surface area contributed by atoms with Crippen molar-refractivity contribution < 1.29 is 4.74 Å². The maximum Gasteiger partial charge on any atom is 0.230 e. The van der Waals surface area contributed by atoms with Crippen molar-refractivity contribution in [3.05, 3.63) is 59.4 Å². The maximum absolute atomic E-state index is 6.12. The van der Waals surface area contributed by atoms with Crippen LogP contribution in [-0.4, -0.2) is 9.97 Å². The number of aromatic nitrogens is 2. The van der Waals surface area contributed by atoms with Crippen molar-refractivity contribution >= 4 is 22.5 Å². The van der Waals surface area contributed by atoms with Gasteiger partial charge in [0.1, 0.15) is 12.1 Å². The molecular formula is C15H12ClN3O. The minimum atomic E-state index is 0.304. The highest BCUT2D eigenvalue weighted by Gasteiger charge is 2.10. The van der Waals surface area contributed by atoms with Crippen molar-refractivity contribution in [2.24, 2.45) is 5.73 Å². The van der Waals surface area contributed by atoms with Crippen LogP contribution in [0.1, 0.15) is 5.56 Å². The summed E-state index contributed by atoms with van der Waals surface area (Å²) >= 11 is 6.12. The number of halogens is 1. The monoisotopic (exact) mass is 285 g/mol. The van der Waals surface area contributed by atoms with Crippen LogP contribution in [0.5, 0.6) is 11.6 Å². The Morgan fingerprint density at radius 2 is 1.90 bits per heavy atom. The molecule has 1 heterocycles. The van der Waals surface area contributed by atoms with Crippen LogP contribution < -0.4 is 10.5 Å². The first kappa shape index (κ1) is 12.8. The lowest BCUT2D eigenvalue weighted by atomic mass is 10.2. The Morgan fingerprint density at radius 3 is 2.75 bits per heavy atom. The van der Waals surface area contributed by atoms with E-state index in [9.17, 15) is 0 Å². The second-order valence-electron chi connectivity index (χ2n) is 4.22. The van der Waals surface area contributed by atoms with Gasteiger partial charge in [-0.25, -0.2) is 9.97 Å². The van der Waals surface area contributed by atoms with E-state index in [1.165, 1.54) is 6.33 Å². The van der Waals surface area contributed by atoms with E-state index in [1.54, 1.807) is 6.07 Å². The normalized spacial score (nSPS) is 10.7. The highest BCUT2D eigenvalue weighted by Crippen LogP contribution is 2.31. The lowest BCUT2D eigenvalue weighted by Gasteiger charge is -2.11. The number of rotatable bonds is 3. The van der Waals surface area contributed by atoms with E-state index < -0.39 is 0 Å². The summed E-state index contributed by atoms with van der Waals surface area (Å²) in [6, 6.07) is 13.1. The summed E-state index contributed by atoms with van der Waals surface area (Å²) in [5.41, 5.74) is 7.31. The molecule has 0 bridgehead atoms. The van der Waals surface area contributed by atoms with E-state index >= 15 is 0 Å². The molecule has 1 aromatic heterocycles. The molecule has 2 N–H and O–H groups in total. The summed E-state index contributed by atoms with van der Waals surface area (Å²) in [4.78, 5) is 8.39. The number of nitrogens with zero attached hydrogens (tertiary/aromatic N) is 2. The molecule has 4 nitrogen and oxygen atoms in total. The molecule has 0 aliphatic heterocycles. The minimum absolute atomic E-state index is 0.304. The van der Waals surface area contributed by atoms with Crippen molar-refractivity contribution in [1.82, 2.24) is 9.97 Å². The highest BCUT2D eigenvalue weighted by atomic mass is 35.5. The Hall–Kier alpha value is -2.17. The molecule has 0 saturated carbocycles. The summed E-state index contributed by atoms with van der Waals surface area (Å²) in [5, 5.41) is 1.43. The molecule has 0 saturated heterocycles. The Morgan fingerprint density at radius 1 is 1.05 bits per heavy atom. The third-order valence-electron chi connectivity index (χ3n) is 2.99. The fourth-order valence-electron chi connectivity index (χ4n) is 2.00. The SMILES string of the molecule is NCc1c(Cl)cccc1Oc1ncnc2ccccc12. The number of ether oxygens (including phenoxy) is 1. The molecule has 2 aromatic carbocycles. The zero-order chi connectivity index (χ0) is 13.9. The summed E-state index contributed by atoms with van der Waals surface area (Å²) in [7, 11) is 0. The van der Waals surface area contributed by atoms with Crippen LogP contribution in [0.3, 0.4) is 0 Å². The molecule has 0 amide bonds. The lowest BCUT2D eigenvalue weighted by molar-refractivity contribution is 0.462. The van der Waals surface area contributed by atoms with E-state index in [4.69, 9.17) is 22.1 Å². The quantitative estimate of drug-likeness (QED) is 0.799. The molecule has 0 spiro atoms. The molecule has 3 rings (SSSR count). The Bertz CT molecular complexity index is 756. The fraction of sp³-hybridized carbons (Fsp3) is 0.0667. The van der Waals surface area contributed by atoms with Crippen LogP contribution >= 0.6 is 11.6 Å². The molecule has 0 aliphatic carbocycles. The third-order valence-corrected chi connectivity index (χ3v) is 3.35. The van der Waals surface area contributed by atoms with Gasteiger partial charge in [-0.15, -0.1) is 0 Å². The second kappa shape index (κ2) is 5.45. The predicted molar refractivity (Wildman–Crippen MR) is 79.0 cm³/mol. The number of benzene rings is 2. The van der Waals surface area contributed by atoms with Gasteiger partial charge in [-0.3, -0.25) is 0 Å². The first-order valence-electron chi connectivity index (χ1n) is 6.14. The maximum atomic E-state index is 6.12. The van der Waals surface area contributed by atoms with Crippen LogP contribution in [-0.2, 0) is 6.54 Å². The molecule has 3 aromatic rings. The molecule has 100 valence electrons. The molecular weight excluding hydrogens is 274 g/mol. The average Bonchev–Trinajstić information content (AvgIpc) is 2.48. The van der Waals surface area contributed by atoms with Gasteiger partial charge >= 0.3 is 0 Å². The first-order chi connectivity index (χ1) is 9.79. The summed E-state index contributed by atoms with van der Waals surface area (Å²) in [6.45, 7) is 0.304. The average molecular weight is 286 g/mol. The smallest absolute Gasteiger partial charge is 0.230 e. The van der Waals surface area contributed by atoms with Gasteiger partial charge in [0.2, 0.25) is 5.88 Å². The van der Waals surface area contributed by atoms with Crippen molar-refractivity contribution in [1.29, 1.82) is 0 Å². The number of fused-ring (bicyclic) bond motifs is 1. The van der Waals surface area contributed by atoms with Gasteiger partial charge in [0, 0.05) is 17.1 Å². The van der Waals surface area contributed by atoms with Gasteiger partial charge < -0.3 is 10.5 Å². The largest absolute Gasteiger partial charge is 0.438 e. The molecule has 5 heteroatoms. The minimum Gasteiger partial charge on any atom is -0.438 e. The van der Waals surface area contributed by atoms with Crippen LogP contribution in [0, 0.1) is 0 Å². The van der Waals surface area contributed by atoms with Gasteiger partial charge in [0.15, 0.2) is 0 Å². The molecule has 20 heavy (non-hydrogen) atoms. The van der Waals surface area contributed by atoms with Gasteiger partial charge in [-0.05, 0) is 24.3 Å². The van der Waals surface area contributed by atoms with Crippen molar-refractivity contribution in [3.8, 4) is 11.6 Å². The van der Waals surface area contributed by atoms with Crippen LogP contribution in [0.15, 0.2) is 48.8 Å². The number of hydrogen-bond acceptors (Lipinski definition) is 4.